The van der Waals surface area contributed by atoms with Crippen molar-refractivity contribution in [3.05, 3.63) is 106 Å². The van der Waals surface area contributed by atoms with Crippen molar-refractivity contribution in [1.82, 2.24) is 0 Å². The summed E-state index contributed by atoms with van der Waals surface area (Å²) in [5.41, 5.74) is 9.01. The van der Waals surface area contributed by atoms with Gasteiger partial charge in [0.2, 0.25) is 0 Å². The van der Waals surface area contributed by atoms with Crippen molar-refractivity contribution in [3.63, 3.8) is 0 Å². The third-order valence-electron chi connectivity index (χ3n) is 8.38. The van der Waals surface area contributed by atoms with Crippen molar-refractivity contribution in [2.75, 3.05) is 0 Å². The first-order valence-electron chi connectivity index (χ1n) is 12.9. The van der Waals surface area contributed by atoms with Crippen LogP contribution in [-0.2, 0) is 29.5 Å². The number of hydrogen-bond donors (Lipinski definition) is 1. The average molecular weight is 660 g/mol. The van der Waals surface area contributed by atoms with E-state index in [1.54, 1.807) is 24.3 Å². The van der Waals surface area contributed by atoms with Crippen LogP contribution in [0.15, 0.2) is 89.8 Å². The van der Waals surface area contributed by atoms with Gasteiger partial charge in [0.15, 0.2) is 0 Å². The second kappa shape index (κ2) is 16.6. The number of rotatable bonds is 6. The largest absolute Gasteiger partial charge is 2.00 e. The van der Waals surface area contributed by atoms with E-state index in [1.165, 1.54) is 0 Å². The Bertz CT molecular complexity index is 1150. The number of aryl methyl sites for hydroxylation is 1. The number of benzene rings is 3. The molecule has 1 saturated carbocycles. The number of sulfonamides is 1. The molecular formula is C32H45ClN2O2RhS. The van der Waals surface area contributed by atoms with Crippen LogP contribution >= 0.6 is 0 Å². The zero-order valence-electron chi connectivity index (χ0n) is 23.1. The summed E-state index contributed by atoms with van der Waals surface area (Å²) in [6.07, 6.45) is 0. The zero-order valence-corrected chi connectivity index (χ0v) is 26.3. The molecule has 0 unspecified atom stereocenters. The van der Waals surface area contributed by atoms with Gasteiger partial charge in [-0.1, -0.05) is 132 Å². The van der Waals surface area contributed by atoms with E-state index in [-0.39, 0.29) is 44.2 Å². The average Bonchev–Trinajstić information content (AvgIpc) is 3.06. The molecule has 0 amide bonds. The van der Waals surface area contributed by atoms with E-state index in [0.717, 1.165) is 46.3 Å². The van der Waals surface area contributed by atoms with Gasteiger partial charge in [-0.2, -0.15) is 0 Å². The third kappa shape index (κ3) is 9.50. The Hall–Kier alpha value is -1.56. The Morgan fingerprint density at radius 2 is 1.03 bits per heavy atom. The summed E-state index contributed by atoms with van der Waals surface area (Å²) in [6, 6.07) is 24.1. The molecule has 4 nitrogen and oxygen atoms in total. The van der Waals surface area contributed by atoms with E-state index in [0.29, 0.717) is 0 Å². The molecule has 7 heteroatoms. The minimum absolute atomic E-state index is 0. The topological polar surface area (TPSA) is 74.3 Å². The summed E-state index contributed by atoms with van der Waals surface area (Å²) in [6.45, 7) is 13.9. The summed E-state index contributed by atoms with van der Waals surface area (Å²) in [5.74, 6) is 4.68. The molecule has 0 heterocycles. The summed E-state index contributed by atoms with van der Waals surface area (Å²) in [5, 5.41) is 0. The zero-order chi connectivity index (χ0) is 26.5. The van der Waals surface area contributed by atoms with Crippen molar-refractivity contribution in [3.8, 4) is 0 Å². The number of halogens is 1. The molecule has 217 valence electrons. The Kier molecular flexibility index (Phi) is 16.0. The van der Waals surface area contributed by atoms with Crippen LogP contribution in [0.1, 0.15) is 70.8 Å². The standard InChI is InChI=1S/C21H21N2O2S.C10H20.CH4.ClH.Rh/c1-16-12-14-19(15-13-16)26(24,25)23-21(18-10-6-3-7-11-18)20(22)17-8-4-2-5-9-17;1-6-7(2)9(4)10(5)8(6)3;;;/h2-15,20-21H,22H2,1H3;6-10H,1-5H3;1H4;1H;/q-1;;;;+2/p-1/t20-,21-;;;;/m0..../s1. The van der Waals surface area contributed by atoms with Crippen LogP contribution < -0.4 is 18.1 Å². The molecule has 4 rings (SSSR count). The van der Waals surface area contributed by atoms with Crippen molar-refractivity contribution < 1.29 is 40.3 Å². The van der Waals surface area contributed by atoms with Crippen LogP contribution in [0.25, 0.3) is 4.72 Å². The molecule has 2 N–H and O–H groups in total. The molecule has 0 spiro atoms. The molecule has 2 atom stereocenters. The first-order valence-corrected chi connectivity index (χ1v) is 14.4. The van der Waals surface area contributed by atoms with Gasteiger partial charge in [-0.3, -0.25) is 0 Å². The van der Waals surface area contributed by atoms with Gasteiger partial charge in [-0.05, 0) is 54.2 Å². The fourth-order valence-corrected chi connectivity index (χ4v) is 6.31. The van der Waals surface area contributed by atoms with Crippen molar-refractivity contribution >= 4 is 10.0 Å². The molecule has 1 aliphatic carbocycles. The van der Waals surface area contributed by atoms with Gasteiger partial charge in [-0.15, -0.1) is 0 Å². The van der Waals surface area contributed by atoms with Gasteiger partial charge >= 0.3 is 19.5 Å². The summed E-state index contributed by atoms with van der Waals surface area (Å²) in [4.78, 5) is 0.171. The van der Waals surface area contributed by atoms with Crippen LogP contribution in [-0.4, -0.2) is 8.42 Å². The minimum atomic E-state index is -3.83. The van der Waals surface area contributed by atoms with Crippen LogP contribution in [0.2, 0.25) is 0 Å². The van der Waals surface area contributed by atoms with Gasteiger partial charge < -0.3 is 22.9 Å². The molecule has 0 bridgehead atoms. The fraction of sp³-hybridized carbons (Fsp3) is 0.438. The maximum Gasteiger partial charge on any atom is 2.00 e. The van der Waals surface area contributed by atoms with Gasteiger partial charge in [0.25, 0.3) is 0 Å². The second-order valence-electron chi connectivity index (χ2n) is 10.5. The minimum Gasteiger partial charge on any atom is -1.00 e. The first-order chi connectivity index (χ1) is 17.0. The van der Waals surface area contributed by atoms with E-state index in [4.69, 9.17) is 5.73 Å². The Morgan fingerprint density at radius 3 is 1.41 bits per heavy atom. The number of nitrogens with two attached hydrogens (primary N) is 1. The normalized spacial score (nSPS) is 23.5. The van der Waals surface area contributed by atoms with E-state index >= 15 is 0 Å². The molecule has 1 radical (unpaired) electrons. The molecule has 0 saturated heterocycles. The van der Waals surface area contributed by atoms with E-state index in [9.17, 15) is 8.42 Å². The third-order valence-corrected chi connectivity index (χ3v) is 9.76. The van der Waals surface area contributed by atoms with E-state index in [2.05, 4.69) is 39.3 Å². The van der Waals surface area contributed by atoms with Gasteiger partial charge in [0.05, 0.1) is 0 Å². The number of hydrogen-bond acceptors (Lipinski definition) is 3. The summed E-state index contributed by atoms with van der Waals surface area (Å²) in [7, 11) is -3.83. The maximum absolute atomic E-state index is 12.8. The van der Waals surface area contributed by atoms with E-state index < -0.39 is 22.1 Å². The van der Waals surface area contributed by atoms with Crippen LogP contribution in [0.3, 0.4) is 0 Å². The van der Waals surface area contributed by atoms with Crippen LogP contribution in [0.4, 0.5) is 0 Å². The summed E-state index contributed by atoms with van der Waals surface area (Å²) < 4.78 is 29.9. The Morgan fingerprint density at radius 1 is 0.667 bits per heavy atom. The van der Waals surface area contributed by atoms with Crippen LogP contribution in [0, 0.1) is 36.5 Å². The SMILES string of the molecule is C.CC1C(C)C(C)C(C)C1C.Cc1ccc(S(=O)(=O)[N-][C@@H](c2ccccc2)[C@@H](N)c2ccccc2)cc1.[Cl-].[Rh+2]. The molecular weight excluding hydrogens is 615 g/mol. The predicted octanol–water partition coefficient (Wildman–Crippen LogP) is 5.32. The Balaban J connectivity index is 0.000000949. The van der Waals surface area contributed by atoms with Gasteiger partial charge in [0, 0.05) is 10.9 Å². The van der Waals surface area contributed by atoms with E-state index in [1.807, 2.05) is 67.6 Å². The van der Waals surface area contributed by atoms with Crippen molar-refractivity contribution in [2.24, 2.45) is 35.3 Å². The first kappa shape index (κ1) is 37.4. The van der Waals surface area contributed by atoms with Crippen LogP contribution in [0.5, 0.6) is 0 Å². The quantitative estimate of drug-likeness (QED) is 0.365. The molecule has 39 heavy (non-hydrogen) atoms. The second-order valence-corrected chi connectivity index (χ2v) is 12.1. The fourth-order valence-electron chi connectivity index (χ4n) is 5.16. The Labute approximate surface area is 256 Å². The molecule has 1 aliphatic rings. The monoisotopic (exact) mass is 659 g/mol. The maximum atomic E-state index is 12.8. The predicted molar refractivity (Wildman–Crippen MR) is 157 cm³/mol. The van der Waals surface area contributed by atoms with Gasteiger partial charge in [0.1, 0.15) is 10.0 Å². The summed E-state index contributed by atoms with van der Waals surface area (Å²) >= 11 is 0. The molecule has 3 aromatic carbocycles. The smallest absolute Gasteiger partial charge is 1.00 e. The van der Waals surface area contributed by atoms with Gasteiger partial charge in [-0.25, -0.2) is 8.42 Å². The number of nitrogens with zero attached hydrogens (tertiary/aromatic N) is 1. The molecule has 1 fully saturated rings. The molecule has 3 aromatic rings. The molecule has 0 aliphatic heterocycles. The van der Waals surface area contributed by atoms with Crippen molar-refractivity contribution in [2.45, 2.75) is 65.9 Å². The molecule has 0 aromatic heterocycles. The van der Waals surface area contributed by atoms with Crippen molar-refractivity contribution in [1.29, 1.82) is 0 Å².